The molecule has 0 unspecified atom stereocenters. The van der Waals surface area contributed by atoms with Crippen LogP contribution >= 0.6 is 0 Å². The molecule has 0 spiro atoms. The van der Waals surface area contributed by atoms with Crippen molar-refractivity contribution in [3.8, 4) is 0 Å². The van der Waals surface area contributed by atoms with Crippen molar-refractivity contribution in [1.29, 1.82) is 0 Å². The molecule has 0 saturated carbocycles. The zero-order valence-electron chi connectivity index (χ0n) is 10.0. The first-order valence-electron chi connectivity index (χ1n) is 5.84. The standard InChI is InChI=1S/C12H18N4/c1-9-10-8-14(2)6-4-11(10)16-7-5-13-12(16)15(9)3/h1,4-8H2,2-3H3. The average Bonchev–Trinajstić information content (AvgIpc) is 2.75. The van der Waals surface area contributed by atoms with Gasteiger partial charge < -0.3 is 14.7 Å². The summed E-state index contributed by atoms with van der Waals surface area (Å²) in [5.41, 5.74) is 3.98. The first-order valence-corrected chi connectivity index (χ1v) is 5.84. The molecule has 86 valence electrons. The molecule has 0 fully saturated rings. The van der Waals surface area contributed by atoms with E-state index in [-0.39, 0.29) is 0 Å². The number of likely N-dealkylation sites (N-methyl/N-ethyl adjacent to an activating group) is 2. The first-order chi connectivity index (χ1) is 7.68. The van der Waals surface area contributed by atoms with E-state index in [4.69, 9.17) is 0 Å². The number of aliphatic imine (C=N–C) groups is 1. The second kappa shape index (κ2) is 3.35. The van der Waals surface area contributed by atoms with Crippen molar-refractivity contribution >= 4 is 5.96 Å². The van der Waals surface area contributed by atoms with E-state index in [0.29, 0.717) is 0 Å². The Bertz CT molecular complexity index is 407. The minimum atomic E-state index is 0.916. The maximum Gasteiger partial charge on any atom is 0.205 e. The monoisotopic (exact) mass is 218 g/mol. The van der Waals surface area contributed by atoms with Crippen molar-refractivity contribution in [2.24, 2.45) is 4.99 Å². The summed E-state index contributed by atoms with van der Waals surface area (Å²) in [6.45, 7) is 8.32. The quantitative estimate of drug-likeness (QED) is 0.598. The summed E-state index contributed by atoms with van der Waals surface area (Å²) < 4.78 is 0. The van der Waals surface area contributed by atoms with Crippen molar-refractivity contribution in [3.63, 3.8) is 0 Å². The lowest BCUT2D eigenvalue weighted by Crippen LogP contribution is -2.47. The predicted molar refractivity (Wildman–Crippen MR) is 65.1 cm³/mol. The van der Waals surface area contributed by atoms with Gasteiger partial charge >= 0.3 is 0 Å². The molecule has 4 heteroatoms. The van der Waals surface area contributed by atoms with Gasteiger partial charge in [-0.1, -0.05) is 6.58 Å². The van der Waals surface area contributed by atoms with Gasteiger partial charge in [-0.2, -0.15) is 0 Å². The molecule has 0 aliphatic carbocycles. The van der Waals surface area contributed by atoms with Gasteiger partial charge in [-0.3, -0.25) is 4.99 Å². The Kier molecular flexibility index (Phi) is 2.07. The summed E-state index contributed by atoms with van der Waals surface area (Å²) in [7, 11) is 4.24. The Morgan fingerprint density at radius 3 is 2.88 bits per heavy atom. The molecule has 16 heavy (non-hydrogen) atoms. The summed E-state index contributed by atoms with van der Waals surface area (Å²) in [6, 6.07) is 0. The number of fused-ring (bicyclic) bond motifs is 2. The molecule has 0 N–H and O–H groups in total. The van der Waals surface area contributed by atoms with Gasteiger partial charge in [0.2, 0.25) is 5.96 Å². The highest BCUT2D eigenvalue weighted by molar-refractivity contribution is 5.87. The van der Waals surface area contributed by atoms with Crippen molar-refractivity contribution in [1.82, 2.24) is 14.7 Å². The van der Waals surface area contributed by atoms with Crippen LogP contribution in [-0.2, 0) is 0 Å². The number of guanidine groups is 1. The Morgan fingerprint density at radius 1 is 1.25 bits per heavy atom. The first kappa shape index (κ1) is 9.90. The molecule has 3 aliphatic heterocycles. The van der Waals surface area contributed by atoms with Crippen LogP contribution in [0.3, 0.4) is 0 Å². The van der Waals surface area contributed by atoms with Crippen molar-refractivity contribution in [3.05, 3.63) is 23.5 Å². The lowest BCUT2D eigenvalue weighted by molar-refractivity contribution is 0.304. The minimum Gasteiger partial charge on any atom is -0.316 e. The molecule has 0 saturated heterocycles. The molecule has 0 radical (unpaired) electrons. The van der Waals surface area contributed by atoms with Crippen molar-refractivity contribution in [2.45, 2.75) is 6.42 Å². The molecule has 3 aliphatic rings. The van der Waals surface area contributed by atoms with E-state index in [9.17, 15) is 0 Å². The number of nitrogens with zero attached hydrogens (tertiary/aromatic N) is 4. The fourth-order valence-electron chi connectivity index (χ4n) is 2.74. The molecule has 3 rings (SSSR count). The third-order valence-electron chi connectivity index (χ3n) is 3.70. The second-order valence-electron chi connectivity index (χ2n) is 4.75. The Morgan fingerprint density at radius 2 is 2.06 bits per heavy atom. The summed E-state index contributed by atoms with van der Waals surface area (Å²) in [6.07, 6.45) is 1.12. The van der Waals surface area contributed by atoms with Gasteiger partial charge in [0, 0.05) is 50.1 Å². The largest absolute Gasteiger partial charge is 0.316 e. The third-order valence-corrected chi connectivity index (χ3v) is 3.70. The third kappa shape index (κ3) is 1.23. The van der Waals surface area contributed by atoms with Crippen molar-refractivity contribution < 1.29 is 0 Å². The van der Waals surface area contributed by atoms with Crippen LogP contribution < -0.4 is 0 Å². The average molecular weight is 218 g/mol. The molecule has 4 nitrogen and oxygen atoms in total. The highest BCUT2D eigenvalue weighted by atomic mass is 15.4. The maximum absolute atomic E-state index is 4.56. The maximum atomic E-state index is 4.56. The summed E-state index contributed by atoms with van der Waals surface area (Å²) in [4.78, 5) is 11.4. The van der Waals surface area contributed by atoms with E-state index < -0.39 is 0 Å². The van der Waals surface area contributed by atoms with Crippen LogP contribution in [0.2, 0.25) is 0 Å². The summed E-state index contributed by atoms with van der Waals surface area (Å²) >= 11 is 0. The molecule has 0 aromatic heterocycles. The molecule has 0 aromatic rings. The molecule has 3 heterocycles. The number of rotatable bonds is 0. The zero-order valence-corrected chi connectivity index (χ0v) is 10.0. The predicted octanol–water partition coefficient (Wildman–Crippen LogP) is 0.707. The van der Waals surface area contributed by atoms with Gasteiger partial charge in [-0.25, -0.2) is 0 Å². The number of hydrogen-bond donors (Lipinski definition) is 0. The molecule has 0 bridgehead atoms. The van der Waals surface area contributed by atoms with Crippen LogP contribution in [0.5, 0.6) is 0 Å². The highest BCUT2D eigenvalue weighted by Gasteiger charge is 2.35. The minimum absolute atomic E-state index is 0.916. The fourth-order valence-corrected chi connectivity index (χ4v) is 2.74. The van der Waals surface area contributed by atoms with Crippen LogP contribution in [0.4, 0.5) is 0 Å². The highest BCUT2D eigenvalue weighted by Crippen LogP contribution is 2.33. The Labute approximate surface area is 96.5 Å². The van der Waals surface area contributed by atoms with E-state index >= 15 is 0 Å². The van der Waals surface area contributed by atoms with Gasteiger partial charge in [0.05, 0.1) is 6.54 Å². The molecule has 0 amide bonds. The Balaban J connectivity index is 2.06. The fraction of sp³-hybridized carbons (Fsp3) is 0.583. The second-order valence-corrected chi connectivity index (χ2v) is 4.75. The van der Waals surface area contributed by atoms with Crippen LogP contribution in [0.25, 0.3) is 0 Å². The molecular formula is C12H18N4. The molecule has 0 atom stereocenters. The lowest BCUT2D eigenvalue weighted by Gasteiger charge is -2.42. The van der Waals surface area contributed by atoms with Gasteiger partial charge in [-0.15, -0.1) is 0 Å². The summed E-state index contributed by atoms with van der Waals surface area (Å²) in [5.74, 6) is 1.09. The van der Waals surface area contributed by atoms with Crippen LogP contribution in [0, 0.1) is 0 Å². The van der Waals surface area contributed by atoms with E-state index in [1.165, 1.54) is 11.3 Å². The molecule has 0 aromatic carbocycles. The van der Waals surface area contributed by atoms with E-state index in [1.807, 2.05) is 0 Å². The SMILES string of the molecule is C=C1C2=C(CCN(C)C2)N2CCN=C2N1C. The van der Waals surface area contributed by atoms with Crippen LogP contribution in [0.1, 0.15) is 6.42 Å². The zero-order chi connectivity index (χ0) is 11.3. The van der Waals surface area contributed by atoms with Crippen molar-refractivity contribution in [2.75, 3.05) is 40.3 Å². The topological polar surface area (TPSA) is 22.1 Å². The van der Waals surface area contributed by atoms with Crippen LogP contribution in [-0.4, -0.2) is 60.9 Å². The van der Waals surface area contributed by atoms with Gasteiger partial charge in [0.1, 0.15) is 0 Å². The van der Waals surface area contributed by atoms with Gasteiger partial charge in [0.15, 0.2) is 0 Å². The van der Waals surface area contributed by atoms with Crippen LogP contribution in [0.15, 0.2) is 28.5 Å². The Hall–Kier alpha value is -1.29. The lowest BCUT2D eigenvalue weighted by atomic mass is 10.00. The normalized spacial score (nSPS) is 25.9. The van der Waals surface area contributed by atoms with Gasteiger partial charge in [-0.05, 0) is 7.05 Å². The van der Waals surface area contributed by atoms with E-state index in [1.54, 1.807) is 0 Å². The summed E-state index contributed by atoms with van der Waals surface area (Å²) in [5, 5.41) is 0. The molecular weight excluding hydrogens is 200 g/mol. The van der Waals surface area contributed by atoms with E-state index in [0.717, 1.165) is 44.3 Å². The van der Waals surface area contributed by atoms with Gasteiger partial charge in [0.25, 0.3) is 0 Å². The smallest absolute Gasteiger partial charge is 0.205 e. The number of hydrogen-bond acceptors (Lipinski definition) is 4. The van der Waals surface area contributed by atoms with E-state index in [2.05, 4.69) is 40.4 Å².